The molecule has 22 heavy (non-hydrogen) atoms. The average molecular weight is 442 g/mol. The molecule has 5 nitrogen and oxygen atoms in total. The molecule has 1 aromatic carbocycles. The first-order valence-electron chi connectivity index (χ1n) is 6.53. The van der Waals surface area contributed by atoms with Crippen LogP contribution in [-0.2, 0) is 20.7 Å². The van der Waals surface area contributed by atoms with Crippen molar-refractivity contribution >= 4 is 47.1 Å². The number of ether oxygens (including phenoxy) is 2. The largest absolute Gasteiger partial charge is 0.467 e. The lowest BCUT2D eigenvalue weighted by molar-refractivity contribution is -0.143. The van der Waals surface area contributed by atoms with Gasteiger partial charge in [0.1, 0.15) is 11.6 Å². The zero-order valence-corrected chi connectivity index (χ0v) is 16.0. The van der Waals surface area contributed by atoms with Crippen LogP contribution < -0.4 is 5.32 Å². The fraction of sp³-hybridized carbons (Fsp3) is 0.467. The molecule has 0 spiro atoms. The van der Waals surface area contributed by atoms with Gasteiger partial charge in [-0.2, -0.15) is 0 Å². The lowest BCUT2D eigenvalue weighted by Crippen LogP contribution is -2.45. The molecule has 1 atom stereocenters. The van der Waals surface area contributed by atoms with Gasteiger partial charge in [-0.15, -0.1) is 12.4 Å². The molecular formula is C15H21ClINO4. The van der Waals surface area contributed by atoms with Gasteiger partial charge in [-0.1, -0.05) is 12.1 Å². The summed E-state index contributed by atoms with van der Waals surface area (Å²) < 4.78 is 11.0. The number of hydrogen-bond acceptors (Lipinski definition) is 4. The van der Waals surface area contributed by atoms with E-state index in [0.717, 1.165) is 9.13 Å². The minimum Gasteiger partial charge on any atom is -0.467 e. The van der Waals surface area contributed by atoms with Gasteiger partial charge >= 0.3 is 12.1 Å². The molecule has 0 aromatic heterocycles. The van der Waals surface area contributed by atoms with Gasteiger partial charge in [-0.25, -0.2) is 9.59 Å². The third-order valence-electron chi connectivity index (χ3n) is 2.53. The van der Waals surface area contributed by atoms with Crippen LogP contribution in [0.3, 0.4) is 0 Å². The van der Waals surface area contributed by atoms with Crippen LogP contribution in [0.5, 0.6) is 0 Å². The van der Waals surface area contributed by atoms with Gasteiger partial charge in [-0.3, -0.25) is 0 Å². The van der Waals surface area contributed by atoms with Crippen molar-refractivity contribution in [3.8, 4) is 0 Å². The Hall–Kier alpha value is -1.02. The molecule has 1 amide bonds. The second kappa shape index (κ2) is 9.19. The van der Waals surface area contributed by atoms with Gasteiger partial charge < -0.3 is 14.8 Å². The normalized spacial score (nSPS) is 11.9. The van der Waals surface area contributed by atoms with E-state index in [-0.39, 0.29) is 12.4 Å². The maximum Gasteiger partial charge on any atom is 0.408 e. The lowest BCUT2D eigenvalue weighted by atomic mass is 10.1. The molecule has 7 heteroatoms. The van der Waals surface area contributed by atoms with Crippen molar-refractivity contribution in [1.29, 1.82) is 0 Å². The Balaban J connectivity index is 0.00000441. The van der Waals surface area contributed by atoms with Crippen molar-refractivity contribution in [2.45, 2.75) is 38.8 Å². The number of benzene rings is 1. The summed E-state index contributed by atoms with van der Waals surface area (Å²) in [7, 11) is 1.29. The molecule has 0 saturated heterocycles. The number of nitrogens with one attached hydrogen (secondary N) is 1. The molecule has 1 N–H and O–H groups in total. The number of halogens is 2. The van der Waals surface area contributed by atoms with Gasteiger partial charge in [0.25, 0.3) is 0 Å². The number of esters is 1. The van der Waals surface area contributed by atoms with E-state index in [1.54, 1.807) is 20.8 Å². The van der Waals surface area contributed by atoms with E-state index in [9.17, 15) is 9.59 Å². The van der Waals surface area contributed by atoms with Crippen LogP contribution in [-0.4, -0.2) is 30.8 Å². The zero-order valence-electron chi connectivity index (χ0n) is 13.0. The number of amides is 1. The minimum absolute atomic E-state index is 0. The van der Waals surface area contributed by atoms with E-state index in [1.807, 2.05) is 24.3 Å². The Kier molecular flexibility index (Phi) is 8.77. The molecule has 0 radical (unpaired) electrons. The molecule has 0 bridgehead atoms. The van der Waals surface area contributed by atoms with Gasteiger partial charge in [0.2, 0.25) is 0 Å². The Morgan fingerprint density at radius 3 is 2.23 bits per heavy atom. The van der Waals surface area contributed by atoms with Crippen LogP contribution in [0, 0.1) is 3.57 Å². The fourth-order valence-electron chi connectivity index (χ4n) is 1.64. The van der Waals surface area contributed by atoms with Crippen LogP contribution >= 0.6 is 35.0 Å². The number of hydrogen-bond donors (Lipinski definition) is 1. The Morgan fingerprint density at radius 2 is 1.77 bits per heavy atom. The second-order valence-corrected chi connectivity index (χ2v) is 6.80. The maximum absolute atomic E-state index is 11.8. The first-order valence-corrected chi connectivity index (χ1v) is 7.61. The monoisotopic (exact) mass is 441 g/mol. The summed E-state index contributed by atoms with van der Waals surface area (Å²) in [6, 6.07) is 6.93. The molecule has 0 aliphatic heterocycles. The highest BCUT2D eigenvalue weighted by Crippen LogP contribution is 2.11. The summed E-state index contributed by atoms with van der Waals surface area (Å²) in [5.74, 6) is -0.501. The highest BCUT2D eigenvalue weighted by molar-refractivity contribution is 14.1. The number of carbonyl (C=O) groups is 2. The maximum atomic E-state index is 11.8. The average Bonchev–Trinajstić information content (AvgIpc) is 2.37. The number of methoxy groups -OCH3 is 1. The summed E-state index contributed by atoms with van der Waals surface area (Å²) in [4.78, 5) is 23.6. The molecule has 1 unspecified atom stereocenters. The topological polar surface area (TPSA) is 64.6 Å². The van der Waals surface area contributed by atoms with E-state index < -0.39 is 23.7 Å². The Morgan fingerprint density at radius 1 is 1.23 bits per heavy atom. The predicted molar refractivity (Wildman–Crippen MR) is 95.3 cm³/mol. The molecule has 0 fully saturated rings. The SMILES string of the molecule is COC(=O)C(Cc1ccc(I)cc1)NC(=O)OC(C)(C)C.Cl. The first kappa shape index (κ1) is 21.0. The third kappa shape index (κ3) is 7.84. The Labute approximate surface area is 150 Å². The fourth-order valence-corrected chi connectivity index (χ4v) is 2.00. The zero-order chi connectivity index (χ0) is 16.0. The number of carbonyl (C=O) groups excluding carboxylic acids is 2. The van der Waals surface area contributed by atoms with E-state index >= 15 is 0 Å². The first-order chi connectivity index (χ1) is 9.71. The van der Waals surface area contributed by atoms with Gasteiger partial charge in [0.05, 0.1) is 7.11 Å². The van der Waals surface area contributed by atoms with Crippen LogP contribution in [0.2, 0.25) is 0 Å². The van der Waals surface area contributed by atoms with E-state index in [4.69, 9.17) is 9.47 Å². The van der Waals surface area contributed by atoms with Crippen molar-refractivity contribution < 1.29 is 19.1 Å². The summed E-state index contributed by atoms with van der Waals surface area (Å²) in [5, 5.41) is 2.55. The van der Waals surface area contributed by atoms with Crippen molar-refractivity contribution in [3.05, 3.63) is 33.4 Å². The summed E-state index contributed by atoms with van der Waals surface area (Å²) in [6.07, 6.45) is -0.286. The molecule has 0 heterocycles. The standard InChI is InChI=1S/C15H20INO4.ClH/c1-15(2,3)21-14(19)17-12(13(18)20-4)9-10-5-7-11(16)8-6-10;/h5-8,12H,9H2,1-4H3,(H,17,19);1H. The summed E-state index contributed by atoms with van der Waals surface area (Å²) in [6.45, 7) is 5.29. The van der Waals surface area contributed by atoms with E-state index in [2.05, 4.69) is 27.9 Å². The van der Waals surface area contributed by atoms with Gasteiger partial charge in [0.15, 0.2) is 0 Å². The highest BCUT2D eigenvalue weighted by atomic mass is 127. The van der Waals surface area contributed by atoms with Crippen molar-refractivity contribution in [1.82, 2.24) is 5.32 Å². The molecule has 124 valence electrons. The van der Waals surface area contributed by atoms with Crippen LogP contribution in [0.1, 0.15) is 26.3 Å². The molecular weight excluding hydrogens is 421 g/mol. The third-order valence-corrected chi connectivity index (χ3v) is 3.25. The second-order valence-electron chi connectivity index (χ2n) is 5.55. The lowest BCUT2D eigenvalue weighted by Gasteiger charge is -2.22. The van der Waals surface area contributed by atoms with Crippen LogP contribution in [0.25, 0.3) is 0 Å². The van der Waals surface area contributed by atoms with Crippen LogP contribution in [0.4, 0.5) is 4.79 Å². The molecule has 0 aliphatic rings. The predicted octanol–water partition coefficient (Wildman–Crippen LogP) is 3.32. The van der Waals surface area contributed by atoms with Crippen LogP contribution in [0.15, 0.2) is 24.3 Å². The minimum atomic E-state index is -0.773. The smallest absolute Gasteiger partial charge is 0.408 e. The number of rotatable bonds is 4. The summed E-state index contributed by atoms with van der Waals surface area (Å²) >= 11 is 2.20. The molecule has 0 aliphatic carbocycles. The van der Waals surface area contributed by atoms with Crippen molar-refractivity contribution in [2.24, 2.45) is 0 Å². The molecule has 1 rings (SSSR count). The quantitative estimate of drug-likeness (QED) is 0.575. The van der Waals surface area contributed by atoms with E-state index in [1.165, 1.54) is 7.11 Å². The number of alkyl carbamates (subject to hydrolysis) is 1. The molecule has 1 aromatic rings. The van der Waals surface area contributed by atoms with Gasteiger partial charge in [-0.05, 0) is 61.1 Å². The van der Waals surface area contributed by atoms with E-state index in [0.29, 0.717) is 6.42 Å². The summed E-state index contributed by atoms with van der Waals surface area (Å²) in [5.41, 5.74) is 0.315. The van der Waals surface area contributed by atoms with Crippen molar-refractivity contribution in [2.75, 3.05) is 7.11 Å². The van der Waals surface area contributed by atoms with Gasteiger partial charge in [0, 0.05) is 9.99 Å². The highest BCUT2D eigenvalue weighted by Gasteiger charge is 2.25. The molecule has 0 saturated carbocycles. The van der Waals surface area contributed by atoms with Crippen molar-refractivity contribution in [3.63, 3.8) is 0 Å². The Bertz CT molecular complexity index is 499.